The SMILES string of the molecule is CCOc1c(Cl)cc(C(=O)Nc2ccc3c(c2)NC(=O)C(C)O3)cc1Cl. The number of hydrogen-bond donors (Lipinski definition) is 2. The number of carbonyl (C=O) groups is 2. The highest BCUT2D eigenvalue weighted by Crippen LogP contribution is 2.35. The molecule has 2 amide bonds. The van der Waals surface area contributed by atoms with Crippen LogP contribution in [-0.4, -0.2) is 24.5 Å². The molecule has 1 aliphatic heterocycles. The second-order valence-electron chi connectivity index (χ2n) is 5.62. The van der Waals surface area contributed by atoms with Gasteiger partial charge in [-0.15, -0.1) is 0 Å². The van der Waals surface area contributed by atoms with Crippen LogP contribution in [0.25, 0.3) is 0 Å². The summed E-state index contributed by atoms with van der Waals surface area (Å²) in [5.41, 5.74) is 1.28. The van der Waals surface area contributed by atoms with Gasteiger partial charge in [0.15, 0.2) is 11.9 Å². The van der Waals surface area contributed by atoms with Crippen molar-refractivity contribution in [1.29, 1.82) is 0 Å². The van der Waals surface area contributed by atoms with E-state index in [1.807, 2.05) is 6.92 Å². The zero-order valence-corrected chi connectivity index (χ0v) is 15.6. The van der Waals surface area contributed by atoms with Crippen molar-refractivity contribution in [2.75, 3.05) is 17.2 Å². The molecule has 2 aromatic carbocycles. The van der Waals surface area contributed by atoms with Gasteiger partial charge in [0.1, 0.15) is 5.75 Å². The molecule has 0 fully saturated rings. The third-order valence-corrected chi connectivity index (χ3v) is 4.28. The largest absolute Gasteiger partial charge is 0.491 e. The van der Waals surface area contributed by atoms with Crippen molar-refractivity contribution >= 4 is 46.4 Å². The average molecular weight is 395 g/mol. The Morgan fingerprint density at radius 2 is 1.96 bits per heavy atom. The summed E-state index contributed by atoms with van der Waals surface area (Å²) < 4.78 is 10.8. The Hall–Kier alpha value is -2.44. The van der Waals surface area contributed by atoms with Crippen molar-refractivity contribution in [1.82, 2.24) is 0 Å². The number of amides is 2. The molecular formula is C18H16Cl2N2O4. The molecule has 0 radical (unpaired) electrons. The van der Waals surface area contributed by atoms with Gasteiger partial charge in [-0.25, -0.2) is 0 Å². The Balaban J connectivity index is 1.81. The van der Waals surface area contributed by atoms with Crippen LogP contribution >= 0.6 is 23.2 Å². The van der Waals surface area contributed by atoms with Gasteiger partial charge in [0.05, 0.1) is 22.3 Å². The van der Waals surface area contributed by atoms with Gasteiger partial charge >= 0.3 is 0 Å². The Kier molecular flexibility index (Phi) is 5.25. The van der Waals surface area contributed by atoms with E-state index in [1.165, 1.54) is 12.1 Å². The summed E-state index contributed by atoms with van der Waals surface area (Å²) in [4.78, 5) is 24.2. The molecule has 0 bridgehead atoms. The number of anilines is 2. The van der Waals surface area contributed by atoms with Gasteiger partial charge in [0, 0.05) is 11.3 Å². The summed E-state index contributed by atoms with van der Waals surface area (Å²) in [5.74, 6) is 0.247. The fraction of sp³-hybridized carbons (Fsp3) is 0.222. The molecule has 0 aromatic heterocycles. The number of benzene rings is 2. The number of halogens is 2. The van der Waals surface area contributed by atoms with Gasteiger partial charge < -0.3 is 20.1 Å². The van der Waals surface area contributed by atoms with E-state index < -0.39 is 12.0 Å². The Bertz CT molecular complexity index is 862. The van der Waals surface area contributed by atoms with Crippen molar-refractivity contribution in [3.63, 3.8) is 0 Å². The lowest BCUT2D eigenvalue weighted by Gasteiger charge is -2.23. The van der Waals surface area contributed by atoms with Crippen LogP contribution < -0.4 is 20.1 Å². The van der Waals surface area contributed by atoms with E-state index in [9.17, 15) is 9.59 Å². The molecule has 6 nitrogen and oxygen atoms in total. The topological polar surface area (TPSA) is 76.7 Å². The van der Waals surface area contributed by atoms with Crippen LogP contribution in [0.2, 0.25) is 10.0 Å². The van der Waals surface area contributed by atoms with Crippen LogP contribution in [0.5, 0.6) is 11.5 Å². The van der Waals surface area contributed by atoms with Gasteiger partial charge in [-0.05, 0) is 44.2 Å². The monoisotopic (exact) mass is 394 g/mol. The summed E-state index contributed by atoms with van der Waals surface area (Å²) in [6, 6.07) is 7.95. The molecule has 2 aromatic rings. The first-order valence-electron chi connectivity index (χ1n) is 7.93. The van der Waals surface area contributed by atoms with Crippen LogP contribution in [0.4, 0.5) is 11.4 Å². The highest BCUT2D eigenvalue weighted by molar-refractivity contribution is 6.37. The number of hydrogen-bond acceptors (Lipinski definition) is 4. The van der Waals surface area contributed by atoms with Crippen molar-refractivity contribution < 1.29 is 19.1 Å². The Labute approximate surface area is 160 Å². The van der Waals surface area contributed by atoms with Gasteiger partial charge in [-0.2, -0.15) is 0 Å². The zero-order chi connectivity index (χ0) is 18.8. The molecule has 0 saturated carbocycles. The van der Waals surface area contributed by atoms with E-state index in [2.05, 4.69) is 10.6 Å². The second-order valence-corrected chi connectivity index (χ2v) is 6.43. The molecule has 136 valence electrons. The van der Waals surface area contributed by atoms with Gasteiger partial charge in [-0.3, -0.25) is 9.59 Å². The smallest absolute Gasteiger partial charge is 0.265 e. The number of fused-ring (bicyclic) bond motifs is 1. The number of nitrogens with one attached hydrogen (secondary N) is 2. The minimum Gasteiger partial charge on any atom is -0.491 e. The first-order chi connectivity index (χ1) is 12.4. The minimum atomic E-state index is -0.559. The second kappa shape index (κ2) is 7.43. The first-order valence-corrected chi connectivity index (χ1v) is 8.69. The van der Waals surface area contributed by atoms with E-state index in [4.69, 9.17) is 32.7 Å². The molecule has 0 spiro atoms. The maximum absolute atomic E-state index is 12.5. The van der Waals surface area contributed by atoms with Crippen LogP contribution in [0.15, 0.2) is 30.3 Å². The standard InChI is InChI=1S/C18H16Cl2N2O4/c1-3-25-16-12(19)6-10(7-13(16)20)18(24)21-11-4-5-15-14(8-11)22-17(23)9(2)26-15/h4-9H,3H2,1-2H3,(H,21,24)(H,22,23). The minimum absolute atomic E-state index is 0.244. The fourth-order valence-corrected chi connectivity index (χ4v) is 3.06. The summed E-state index contributed by atoms with van der Waals surface area (Å²) in [6.07, 6.45) is -0.559. The molecular weight excluding hydrogens is 379 g/mol. The van der Waals surface area contributed by atoms with Crippen LogP contribution in [0.1, 0.15) is 24.2 Å². The zero-order valence-electron chi connectivity index (χ0n) is 14.1. The van der Waals surface area contributed by atoms with E-state index in [-0.39, 0.29) is 21.5 Å². The summed E-state index contributed by atoms with van der Waals surface area (Å²) in [6.45, 7) is 3.88. The third kappa shape index (κ3) is 3.71. The lowest BCUT2D eigenvalue weighted by Crippen LogP contribution is -2.34. The molecule has 3 rings (SSSR count). The van der Waals surface area contributed by atoms with E-state index in [1.54, 1.807) is 25.1 Å². The lowest BCUT2D eigenvalue weighted by molar-refractivity contribution is -0.122. The maximum Gasteiger partial charge on any atom is 0.265 e. The molecule has 1 unspecified atom stereocenters. The summed E-state index contributed by atoms with van der Waals surface area (Å²) in [7, 11) is 0. The van der Waals surface area contributed by atoms with Crippen molar-refractivity contribution in [3.8, 4) is 11.5 Å². The molecule has 0 aliphatic carbocycles. The molecule has 1 heterocycles. The van der Waals surface area contributed by atoms with Crippen LogP contribution in [-0.2, 0) is 4.79 Å². The van der Waals surface area contributed by atoms with E-state index >= 15 is 0 Å². The number of ether oxygens (including phenoxy) is 2. The molecule has 0 saturated heterocycles. The number of rotatable bonds is 4. The normalized spacial score (nSPS) is 15.5. The molecule has 1 aliphatic rings. The molecule has 2 N–H and O–H groups in total. The highest BCUT2D eigenvalue weighted by atomic mass is 35.5. The predicted octanol–water partition coefficient (Wildman–Crippen LogP) is 4.36. The van der Waals surface area contributed by atoms with Gasteiger partial charge in [0.2, 0.25) is 0 Å². The molecule has 8 heteroatoms. The average Bonchev–Trinajstić information content (AvgIpc) is 2.59. The van der Waals surface area contributed by atoms with Gasteiger partial charge in [0.25, 0.3) is 11.8 Å². The van der Waals surface area contributed by atoms with Crippen LogP contribution in [0, 0.1) is 0 Å². The quantitative estimate of drug-likeness (QED) is 0.807. The fourth-order valence-electron chi connectivity index (χ4n) is 2.46. The summed E-state index contributed by atoms with van der Waals surface area (Å²) >= 11 is 12.3. The Morgan fingerprint density at radius 3 is 2.62 bits per heavy atom. The van der Waals surface area contributed by atoms with Crippen molar-refractivity contribution in [3.05, 3.63) is 45.9 Å². The lowest BCUT2D eigenvalue weighted by atomic mass is 10.1. The van der Waals surface area contributed by atoms with E-state index in [0.29, 0.717) is 29.5 Å². The molecule has 26 heavy (non-hydrogen) atoms. The van der Waals surface area contributed by atoms with E-state index in [0.717, 1.165) is 0 Å². The third-order valence-electron chi connectivity index (χ3n) is 3.72. The highest BCUT2D eigenvalue weighted by Gasteiger charge is 2.24. The predicted molar refractivity (Wildman–Crippen MR) is 101 cm³/mol. The molecule has 1 atom stereocenters. The van der Waals surface area contributed by atoms with Crippen molar-refractivity contribution in [2.24, 2.45) is 0 Å². The van der Waals surface area contributed by atoms with Crippen molar-refractivity contribution in [2.45, 2.75) is 20.0 Å². The Morgan fingerprint density at radius 1 is 1.27 bits per heavy atom. The number of carbonyl (C=O) groups excluding carboxylic acids is 2. The van der Waals surface area contributed by atoms with Crippen LogP contribution in [0.3, 0.4) is 0 Å². The maximum atomic E-state index is 12.5. The first kappa shape index (κ1) is 18.4. The van der Waals surface area contributed by atoms with Gasteiger partial charge in [-0.1, -0.05) is 23.2 Å². The summed E-state index contributed by atoms with van der Waals surface area (Å²) in [5, 5.41) is 5.97.